The summed E-state index contributed by atoms with van der Waals surface area (Å²) in [6.07, 6.45) is 2.30. The molecule has 1 N–H and O–H groups in total. The summed E-state index contributed by atoms with van der Waals surface area (Å²) in [5.74, 6) is -0.106. The van der Waals surface area contributed by atoms with E-state index in [1.807, 2.05) is 24.3 Å². The molecule has 102 valence electrons. The number of ether oxygens (including phenoxy) is 1. The van der Waals surface area contributed by atoms with Crippen molar-refractivity contribution in [3.8, 4) is 0 Å². The van der Waals surface area contributed by atoms with Crippen molar-refractivity contribution >= 4 is 32.8 Å². The molecule has 0 unspecified atom stereocenters. The molecule has 0 bridgehead atoms. The summed E-state index contributed by atoms with van der Waals surface area (Å²) in [6.45, 7) is 1.94. The Balaban J connectivity index is 1.83. The van der Waals surface area contributed by atoms with E-state index in [0.29, 0.717) is 25.3 Å². The molecule has 0 spiro atoms. The van der Waals surface area contributed by atoms with E-state index in [2.05, 4.69) is 21.2 Å². The van der Waals surface area contributed by atoms with E-state index in [1.165, 1.54) is 6.26 Å². The first kappa shape index (κ1) is 14.1. The van der Waals surface area contributed by atoms with Gasteiger partial charge in [-0.25, -0.2) is 0 Å². The Labute approximate surface area is 120 Å². The van der Waals surface area contributed by atoms with Crippen LogP contribution in [0.2, 0.25) is 0 Å². The zero-order valence-electron chi connectivity index (χ0n) is 10.5. The Morgan fingerprint density at radius 2 is 2.16 bits per heavy atom. The molecule has 5 heteroatoms. The van der Waals surface area contributed by atoms with Gasteiger partial charge >= 0.3 is 0 Å². The fraction of sp³-hybridized carbons (Fsp3) is 0.357. The number of rotatable bonds is 7. The molecule has 1 heterocycles. The zero-order valence-corrected chi connectivity index (χ0v) is 12.1. The lowest BCUT2D eigenvalue weighted by Gasteiger charge is -2.04. The molecule has 0 atom stereocenters. The third kappa shape index (κ3) is 3.81. The number of carbonyl (C=O) groups is 1. The fourth-order valence-electron chi connectivity index (χ4n) is 1.78. The standard InChI is InChI=1S/C14H16BrNO3/c15-6-9-18-8-3-7-16-14(17)12-10-19-13-5-2-1-4-11(12)13/h1-2,4-5,10H,3,6-9H2,(H,16,17). The first-order valence-corrected chi connectivity index (χ1v) is 7.33. The van der Waals surface area contributed by atoms with Crippen molar-refractivity contribution < 1.29 is 13.9 Å². The number of para-hydroxylation sites is 1. The summed E-state index contributed by atoms with van der Waals surface area (Å²) in [7, 11) is 0. The summed E-state index contributed by atoms with van der Waals surface area (Å²) in [6, 6.07) is 7.50. The highest BCUT2D eigenvalue weighted by Gasteiger charge is 2.12. The molecule has 1 aromatic heterocycles. The molecular formula is C14H16BrNO3. The van der Waals surface area contributed by atoms with Gasteiger partial charge in [0, 0.05) is 23.9 Å². The van der Waals surface area contributed by atoms with Gasteiger partial charge in [0.1, 0.15) is 11.8 Å². The molecule has 4 nitrogen and oxygen atoms in total. The number of nitrogens with one attached hydrogen (secondary N) is 1. The summed E-state index contributed by atoms with van der Waals surface area (Å²) in [4.78, 5) is 12.0. The molecule has 0 saturated heterocycles. The number of hydrogen-bond donors (Lipinski definition) is 1. The van der Waals surface area contributed by atoms with Crippen molar-refractivity contribution in [3.63, 3.8) is 0 Å². The maximum Gasteiger partial charge on any atom is 0.255 e. The summed E-state index contributed by atoms with van der Waals surface area (Å²) < 4.78 is 10.6. The minimum absolute atomic E-state index is 0.106. The summed E-state index contributed by atoms with van der Waals surface area (Å²) >= 11 is 3.29. The molecule has 0 saturated carbocycles. The molecule has 0 aliphatic rings. The highest BCUT2D eigenvalue weighted by atomic mass is 79.9. The van der Waals surface area contributed by atoms with Crippen LogP contribution in [0.5, 0.6) is 0 Å². The minimum Gasteiger partial charge on any atom is -0.463 e. The van der Waals surface area contributed by atoms with Gasteiger partial charge in [-0.1, -0.05) is 34.1 Å². The molecule has 1 aromatic carbocycles. The Bertz CT molecular complexity index is 538. The molecule has 2 rings (SSSR count). The van der Waals surface area contributed by atoms with Crippen molar-refractivity contribution in [2.45, 2.75) is 6.42 Å². The predicted octanol–water partition coefficient (Wildman–Crippen LogP) is 2.96. The number of alkyl halides is 1. The molecule has 0 fully saturated rings. The second-order valence-electron chi connectivity index (χ2n) is 4.06. The summed E-state index contributed by atoms with van der Waals surface area (Å²) in [5, 5.41) is 4.54. The van der Waals surface area contributed by atoms with Crippen LogP contribution in [0.25, 0.3) is 11.0 Å². The molecule has 1 amide bonds. The van der Waals surface area contributed by atoms with Crippen LogP contribution in [-0.4, -0.2) is 31.0 Å². The van der Waals surface area contributed by atoms with E-state index in [-0.39, 0.29) is 5.91 Å². The monoisotopic (exact) mass is 325 g/mol. The Morgan fingerprint density at radius 3 is 3.00 bits per heavy atom. The normalized spacial score (nSPS) is 10.8. The van der Waals surface area contributed by atoms with Crippen LogP contribution >= 0.6 is 15.9 Å². The van der Waals surface area contributed by atoms with Crippen LogP contribution in [0.1, 0.15) is 16.8 Å². The van der Waals surface area contributed by atoms with Crippen molar-refractivity contribution in [1.82, 2.24) is 5.32 Å². The van der Waals surface area contributed by atoms with Crippen LogP contribution in [0.15, 0.2) is 34.9 Å². The second-order valence-corrected chi connectivity index (χ2v) is 4.85. The quantitative estimate of drug-likeness (QED) is 0.629. The number of furan rings is 1. The Kier molecular flexibility index (Phi) is 5.42. The largest absolute Gasteiger partial charge is 0.463 e. The SMILES string of the molecule is O=C(NCCCOCCBr)c1coc2ccccc12. The van der Waals surface area contributed by atoms with E-state index in [0.717, 1.165) is 22.7 Å². The van der Waals surface area contributed by atoms with Gasteiger partial charge in [-0.2, -0.15) is 0 Å². The van der Waals surface area contributed by atoms with E-state index in [1.54, 1.807) is 0 Å². The van der Waals surface area contributed by atoms with Gasteiger partial charge in [0.25, 0.3) is 5.91 Å². The lowest BCUT2D eigenvalue weighted by Crippen LogP contribution is -2.25. The van der Waals surface area contributed by atoms with Crippen LogP contribution in [0.3, 0.4) is 0 Å². The average molecular weight is 326 g/mol. The van der Waals surface area contributed by atoms with Crippen molar-refractivity contribution in [3.05, 3.63) is 36.1 Å². The third-order valence-electron chi connectivity index (χ3n) is 2.70. The smallest absolute Gasteiger partial charge is 0.255 e. The highest BCUT2D eigenvalue weighted by Crippen LogP contribution is 2.20. The second kappa shape index (κ2) is 7.31. The lowest BCUT2D eigenvalue weighted by atomic mass is 10.1. The molecule has 0 radical (unpaired) electrons. The number of carbonyl (C=O) groups excluding carboxylic acids is 1. The molecule has 19 heavy (non-hydrogen) atoms. The van der Waals surface area contributed by atoms with Crippen LogP contribution < -0.4 is 5.32 Å². The summed E-state index contributed by atoms with van der Waals surface area (Å²) in [5.41, 5.74) is 1.31. The molecular weight excluding hydrogens is 310 g/mol. The van der Waals surface area contributed by atoms with E-state index < -0.39 is 0 Å². The van der Waals surface area contributed by atoms with Crippen molar-refractivity contribution in [2.75, 3.05) is 25.1 Å². The fourth-order valence-corrected chi connectivity index (χ4v) is 2.01. The van der Waals surface area contributed by atoms with E-state index in [4.69, 9.17) is 9.15 Å². The van der Waals surface area contributed by atoms with Crippen LogP contribution in [0.4, 0.5) is 0 Å². The number of hydrogen-bond acceptors (Lipinski definition) is 3. The van der Waals surface area contributed by atoms with Crippen molar-refractivity contribution in [1.29, 1.82) is 0 Å². The number of amides is 1. The topological polar surface area (TPSA) is 51.5 Å². The maximum atomic E-state index is 12.0. The van der Waals surface area contributed by atoms with Gasteiger partial charge in [0.15, 0.2) is 0 Å². The van der Waals surface area contributed by atoms with Gasteiger partial charge in [0.05, 0.1) is 12.2 Å². The van der Waals surface area contributed by atoms with Gasteiger partial charge < -0.3 is 14.5 Å². The Hall–Kier alpha value is -1.33. The zero-order chi connectivity index (χ0) is 13.5. The third-order valence-corrected chi connectivity index (χ3v) is 3.02. The van der Waals surface area contributed by atoms with Gasteiger partial charge in [-0.15, -0.1) is 0 Å². The first-order chi connectivity index (χ1) is 9.33. The van der Waals surface area contributed by atoms with E-state index in [9.17, 15) is 4.79 Å². The minimum atomic E-state index is -0.106. The Morgan fingerprint density at radius 1 is 1.32 bits per heavy atom. The number of halogens is 1. The highest BCUT2D eigenvalue weighted by molar-refractivity contribution is 9.09. The van der Waals surface area contributed by atoms with Gasteiger partial charge in [-0.3, -0.25) is 4.79 Å². The van der Waals surface area contributed by atoms with Crippen molar-refractivity contribution in [2.24, 2.45) is 0 Å². The first-order valence-electron chi connectivity index (χ1n) is 6.21. The molecule has 2 aromatic rings. The molecule has 0 aliphatic carbocycles. The van der Waals surface area contributed by atoms with Gasteiger partial charge in [-0.05, 0) is 12.5 Å². The maximum absolute atomic E-state index is 12.0. The number of fused-ring (bicyclic) bond motifs is 1. The van der Waals surface area contributed by atoms with E-state index >= 15 is 0 Å². The van der Waals surface area contributed by atoms with Crippen LogP contribution in [-0.2, 0) is 4.74 Å². The van der Waals surface area contributed by atoms with Crippen LogP contribution in [0, 0.1) is 0 Å². The predicted molar refractivity (Wildman–Crippen MR) is 77.8 cm³/mol. The molecule has 0 aliphatic heterocycles. The van der Waals surface area contributed by atoms with Gasteiger partial charge in [0.2, 0.25) is 0 Å². The number of benzene rings is 1. The average Bonchev–Trinajstić information content (AvgIpc) is 2.86. The lowest BCUT2D eigenvalue weighted by molar-refractivity contribution is 0.0945.